The molecule has 0 unspecified atom stereocenters. The van der Waals surface area contributed by atoms with Gasteiger partial charge in [-0.15, -0.1) is 11.3 Å². The quantitative estimate of drug-likeness (QED) is 0.355. The van der Waals surface area contributed by atoms with E-state index in [0.29, 0.717) is 0 Å². The molecule has 28 heavy (non-hydrogen) atoms. The second-order valence-corrected chi connectivity index (χ2v) is 6.77. The molecule has 2 aromatic carbocycles. The summed E-state index contributed by atoms with van der Waals surface area (Å²) in [5.41, 5.74) is 5.85. The largest absolute Gasteiger partial charge is 0.253 e. The molecule has 0 spiro atoms. The molecule has 0 fully saturated rings. The topological polar surface area (TPSA) is 77.3 Å². The van der Waals surface area contributed by atoms with E-state index in [0.717, 1.165) is 33.1 Å². The molecular weight excluding hydrogens is 388 g/mol. The predicted molar refractivity (Wildman–Crippen MR) is 114 cm³/mol. The summed E-state index contributed by atoms with van der Waals surface area (Å²) < 4.78 is 8.10. The molecule has 6 aromatic rings. The number of nitrogens with zero attached hydrogens (tertiary/aromatic N) is 6. The first-order valence-electron chi connectivity index (χ1n) is 8.36. The smallest absolute Gasteiger partial charge is 0.104 e. The van der Waals surface area contributed by atoms with E-state index in [1.165, 1.54) is 11.7 Å². The van der Waals surface area contributed by atoms with Crippen molar-refractivity contribution in [1.82, 2.24) is 28.7 Å². The molecule has 0 aliphatic heterocycles. The summed E-state index contributed by atoms with van der Waals surface area (Å²) in [5, 5.41) is 3.98. The molecule has 0 N–H and O–H groups in total. The van der Waals surface area contributed by atoms with Crippen LogP contribution in [-0.4, -0.2) is 28.7 Å². The van der Waals surface area contributed by atoms with Crippen LogP contribution >= 0.6 is 23.1 Å². The molecule has 0 amide bonds. The van der Waals surface area contributed by atoms with Gasteiger partial charge >= 0.3 is 0 Å². The average molecular weight is 403 g/mol. The monoisotopic (exact) mass is 402 g/mol. The molecule has 6 nitrogen and oxygen atoms in total. The minimum atomic E-state index is 0.949. The summed E-state index contributed by atoms with van der Waals surface area (Å²) in [6, 6.07) is 15.6. The molecule has 0 atom stereocenters. The molecule has 4 heterocycles. The lowest BCUT2D eigenvalue weighted by molar-refractivity contribution is 1.29. The van der Waals surface area contributed by atoms with Crippen LogP contribution in [0.2, 0.25) is 0 Å². The third-order valence-electron chi connectivity index (χ3n) is 3.65. The Bertz CT molecular complexity index is 1110. The third-order valence-corrected chi connectivity index (χ3v) is 4.93. The van der Waals surface area contributed by atoms with Crippen LogP contribution < -0.4 is 0 Å². The van der Waals surface area contributed by atoms with Crippen LogP contribution in [0.3, 0.4) is 0 Å². The molecule has 4 aromatic heterocycles. The van der Waals surface area contributed by atoms with Crippen LogP contribution in [0.5, 0.6) is 0 Å². The molecular formula is C20H14N6S2. The molecule has 136 valence electrons. The fourth-order valence-electron chi connectivity index (χ4n) is 2.34. The number of thiophene rings is 1. The Balaban J connectivity index is 0.000000103. The molecule has 0 saturated carbocycles. The van der Waals surface area contributed by atoms with E-state index in [9.17, 15) is 0 Å². The van der Waals surface area contributed by atoms with Gasteiger partial charge in [-0.2, -0.15) is 8.75 Å². The van der Waals surface area contributed by atoms with E-state index in [1.807, 2.05) is 59.3 Å². The lowest BCUT2D eigenvalue weighted by Gasteiger charge is -1.90. The summed E-state index contributed by atoms with van der Waals surface area (Å²) in [6.45, 7) is 0. The van der Waals surface area contributed by atoms with Crippen molar-refractivity contribution < 1.29 is 0 Å². The molecule has 8 heteroatoms. The lowest BCUT2D eigenvalue weighted by Crippen LogP contribution is -1.78. The highest BCUT2D eigenvalue weighted by atomic mass is 32.1. The molecule has 0 aliphatic rings. The summed E-state index contributed by atoms with van der Waals surface area (Å²) in [5.74, 6) is 0. The number of fused-ring (bicyclic) bond motifs is 3. The van der Waals surface area contributed by atoms with Crippen molar-refractivity contribution in [3.05, 3.63) is 84.1 Å². The Hall–Kier alpha value is -3.36. The number of para-hydroxylation sites is 2. The third kappa shape index (κ3) is 4.48. The summed E-state index contributed by atoms with van der Waals surface area (Å²) in [6.07, 6.45) is 6.80. The van der Waals surface area contributed by atoms with Crippen molar-refractivity contribution in [2.75, 3.05) is 0 Å². The highest BCUT2D eigenvalue weighted by Crippen LogP contribution is 2.12. The van der Waals surface area contributed by atoms with Crippen molar-refractivity contribution in [3.63, 3.8) is 0 Å². The zero-order valence-electron chi connectivity index (χ0n) is 14.6. The Morgan fingerprint density at radius 2 is 0.857 bits per heavy atom. The van der Waals surface area contributed by atoms with Crippen molar-refractivity contribution in [2.24, 2.45) is 0 Å². The van der Waals surface area contributed by atoms with Gasteiger partial charge in [0.05, 0.1) is 33.8 Å². The molecule has 6 rings (SSSR count). The SMILES string of the molecule is c1ccc2nccnc2c1.c1ccc2nsnc2c1.c1cnc2cscc2n1. The minimum Gasteiger partial charge on any atom is -0.253 e. The van der Waals surface area contributed by atoms with Crippen LogP contribution in [0.1, 0.15) is 0 Å². The molecule has 0 aliphatic carbocycles. The van der Waals surface area contributed by atoms with Crippen molar-refractivity contribution in [2.45, 2.75) is 0 Å². The van der Waals surface area contributed by atoms with E-state index in [1.54, 1.807) is 36.1 Å². The van der Waals surface area contributed by atoms with Gasteiger partial charge in [-0.3, -0.25) is 19.9 Å². The average Bonchev–Trinajstić information content (AvgIpc) is 3.44. The maximum atomic E-state index is 4.12. The van der Waals surface area contributed by atoms with Gasteiger partial charge < -0.3 is 0 Å². The standard InChI is InChI=1S/C8H6N2.2C6H4N2S/c1-2-4-8-7(3-1)9-5-6-10-8;1-2-8-6-4-9-3-5(6)7-1;1-2-4-6-5(3-1)7-9-8-6/h1-6H;2*1-4H. The van der Waals surface area contributed by atoms with E-state index in [4.69, 9.17) is 0 Å². The van der Waals surface area contributed by atoms with Gasteiger partial charge in [-0.05, 0) is 24.3 Å². The first-order chi connectivity index (χ1) is 13.9. The molecule has 0 radical (unpaired) electrons. The first kappa shape index (κ1) is 18.0. The van der Waals surface area contributed by atoms with Gasteiger partial charge in [0.2, 0.25) is 0 Å². The van der Waals surface area contributed by atoms with Crippen LogP contribution in [0.15, 0.2) is 84.1 Å². The van der Waals surface area contributed by atoms with Gasteiger partial charge in [-0.25, -0.2) is 0 Å². The fourth-order valence-corrected chi connectivity index (χ4v) is 3.56. The van der Waals surface area contributed by atoms with E-state index < -0.39 is 0 Å². The minimum absolute atomic E-state index is 0.949. The summed E-state index contributed by atoms with van der Waals surface area (Å²) in [4.78, 5) is 16.4. The highest BCUT2D eigenvalue weighted by Gasteiger charge is 1.92. The Morgan fingerprint density at radius 3 is 1.32 bits per heavy atom. The number of rotatable bonds is 0. The lowest BCUT2D eigenvalue weighted by atomic mass is 10.3. The van der Waals surface area contributed by atoms with E-state index in [2.05, 4.69) is 28.7 Å². The van der Waals surface area contributed by atoms with Crippen LogP contribution in [0, 0.1) is 0 Å². The van der Waals surface area contributed by atoms with E-state index in [-0.39, 0.29) is 0 Å². The van der Waals surface area contributed by atoms with Crippen LogP contribution in [0.4, 0.5) is 0 Å². The van der Waals surface area contributed by atoms with Crippen molar-refractivity contribution in [3.8, 4) is 0 Å². The predicted octanol–water partition coefficient (Wildman–Crippen LogP) is 5.01. The summed E-state index contributed by atoms with van der Waals surface area (Å²) in [7, 11) is 0. The highest BCUT2D eigenvalue weighted by molar-refractivity contribution is 7.09. The maximum Gasteiger partial charge on any atom is 0.104 e. The number of hydrogen-bond acceptors (Lipinski definition) is 8. The number of hydrogen-bond donors (Lipinski definition) is 0. The zero-order valence-corrected chi connectivity index (χ0v) is 16.2. The Labute approximate surface area is 168 Å². The van der Waals surface area contributed by atoms with Gasteiger partial charge in [-0.1, -0.05) is 24.3 Å². The molecule has 0 bridgehead atoms. The van der Waals surface area contributed by atoms with Crippen LogP contribution in [0.25, 0.3) is 33.1 Å². The first-order valence-corrected chi connectivity index (χ1v) is 10.0. The Kier molecular flexibility index (Phi) is 5.81. The van der Waals surface area contributed by atoms with Gasteiger partial charge in [0.15, 0.2) is 0 Å². The second-order valence-electron chi connectivity index (χ2n) is 5.50. The maximum absolute atomic E-state index is 4.12. The fraction of sp³-hybridized carbons (Fsp3) is 0. The normalized spacial score (nSPS) is 10.1. The van der Waals surface area contributed by atoms with Crippen LogP contribution in [-0.2, 0) is 0 Å². The zero-order chi connectivity index (χ0) is 19.0. The van der Waals surface area contributed by atoms with Crippen molar-refractivity contribution >= 4 is 56.2 Å². The van der Waals surface area contributed by atoms with Crippen molar-refractivity contribution in [1.29, 1.82) is 0 Å². The number of benzene rings is 2. The van der Waals surface area contributed by atoms with E-state index >= 15 is 0 Å². The molecule has 0 saturated heterocycles. The van der Waals surface area contributed by atoms with Gasteiger partial charge in [0.25, 0.3) is 0 Å². The Morgan fingerprint density at radius 1 is 0.464 bits per heavy atom. The number of aromatic nitrogens is 6. The summed E-state index contributed by atoms with van der Waals surface area (Å²) >= 11 is 2.88. The second kappa shape index (κ2) is 9.03. The van der Waals surface area contributed by atoms with Gasteiger partial charge in [0, 0.05) is 35.5 Å². The van der Waals surface area contributed by atoms with Gasteiger partial charge in [0.1, 0.15) is 11.0 Å².